The van der Waals surface area contributed by atoms with Gasteiger partial charge in [0, 0.05) is 11.3 Å². The third-order valence-corrected chi connectivity index (χ3v) is 5.56. The van der Waals surface area contributed by atoms with Gasteiger partial charge in [-0.05, 0) is 68.2 Å². The van der Waals surface area contributed by atoms with Crippen LogP contribution in [0, 0.1) is 20.8 Å². The van der Waals surface area contributed by atoms with E-state index in [4.69, 9.17) is 12.2 Å². The average Bonchev–Trinajstić information content (AvgIpc) is 2.67. The van der Waals surface area contributed by atoms with Gasteiger partial charge in [0.2, 0.25) is 0 Å². The van der Waals surface area contributed by atoms with Crippen LogP contribution in [0.5, 0.6) is 0 Å². The van der Waals surface area contributed by atoms with Crippen molar-refractivity contribution < 1.29 is 4.90 Å². The first-order chi connectivity index (χ1) is 14.2. The van der Waals surface area contributed by atoms with Crippen molar-refractivity contribution in [2.75, 3.05) is 32.5 Å². The number of pyridine rings is 1. The molecule has 2 aromatic carbocycles. The number of thiocarbonyl (C=S) groups is 1. The largest absolute Gasteiger partial charge is 0.339 e. The summed E-state index contributed by atoms with van der Waals surface area (Å²) in [6.45, 7) is 8.29. The highest BCUT2D eigenvalue weighted by Gasteiger charge is 2.15. The minimum atomic E-state index is -0.0604. The monoisotopic (exact) mass is 423 g/mol. The summed E-state index contributed by atoms with van der Waals surface area (Å²) in [5.74, 6) is 0. The number of rotatable bonds is 6. The fourth-order valence-electron chi connectivity index (χ4n) is 3.51. The van der Waals surface area contributed by atoms with E-state index in [0.29, 0.717) is 17.2 Å². The molecule has 5 nitrogen and oxygen atoms in total. The first-order valence-corrected chi connectivity index (χ1v) is 10.7. The van der Waals surface area contributed by atoms with Gasteiger partial charge in [0.15, 0.2) is 5.11 Å². The molecule has 0 spiro atoms. The van der Waals surface area contributed by atoms with Crippen LogP contribution in [0.25, 0.3) is 10.9 Å². The van der Waals surface area contributed by atoms with Crippen molar-refractivity contribution in [3.05, 3.63) is 75.1 Å². The van der Waals surface area contributed by atoms with Gasteiger partial charge in [0.1, 0.15) is 0 Å². The Kier molecular flexibility index (Phi) is 6.90. The second kappa shape index (κ2) is 9.41. The smallest absolute Gasteiger partial charge is 0.253 e. The van der Waals surface area contributed by atoms with Gasteiger partial charge in [-0.1, -0.05) is 29.3 Å². The Labute approximate surface area is 183 Å². The van der Waals surface area contributed by atoms with Crippen molar-refractivity contribution in [3.8, 4) is 0 Å². The molecule has 0 amide bonds. The lowest BCUT2D eigenvalue weighted by Crippen LogP contribution is -3.06. The molecule has 0 aliphatic heterocycles. The molecule has 1 heterocycles. The summed E-state index contributed by atoms with van der Waals surface area (Å²) in [7, 11) is 4.23. The number of quaternary nitrogens is 1. The predicted octanol–water partition coefficient (Wildman–Crippen LogP) is 2.80. The zero-order chi connectivity index (χ0) is 21.8. The number of nitrogens with one attached hydrogen (secondary N) is 3. The molecule has 6 heteroatoms. The average molecular weight is 424 g/mol. The minimum absolute atomic E-state index is 0.0604. The van der Waals surface area contributed by atoms with Gasteiger partial charge in [-0.25, -0.2) is 0 Å². The normalized spacial score (nSPS) is 11.1. The third-order valence-electron chi connectivity index (χ3n) is 5.20. The number of benzene rings is 2. The number of hydrogen-bond donors (Lipinski definition) is 3. The van der Waals surface area contributed by atoms with Gasteiger partial charge < -0.3 is 20.1 Å². The maximum absolute atomic E-state index is 12.8. The van der Waals surface area contributed by atoms with Crippen molar-refractivity contribution in [1.82, 2.24) is 9.88 Å². The maximum Gasteiger partial charge on any atom is 0.253 e. The van der Waals surface area contributed by atoms with Gasteiger partial charge in [-0.15, -0.1) is 0 Å². The highest BCUT2D eigenvalue weighted by atomic mass is 32.1. The summed E-state index contributed by atoms with van der Waals surface area (Å²) in [5.41, 5.74) is 5.98. The highest BCUT2D eigenvalue weighted by Crippen LogP contribution is 2.19. The molecule has 30 heavy (non-hydrogen) atoms. The van der Waals surface area contributed by atoms with Gasteiger partial charge in [0.25, 0.3) is 5.56 Å². The molecule has 3 rings (SSSR count). The van der Waals surface area contributed by atoms with Crippen LogP contribution in [0.3, 0.4) is 0 Å². The zero-order valence-electron chi connectivity index (χ0n) is 18.4. The lowest BCUT2D eigenvalue weighted by molar-refractivity contribution is -0.857. The summed E-state index contributed by atoms with van der Waals surface area (Å²) >= 11 is 5.72. The maximum atomic E-state index is 12.8. The van der Waals surface area contributed by atoms with Crippen molar-refractivity contribution >= 4 is 33.9 Å². The molecular formula is C24H31N4OS+. The number of fused-ring (bicyclic) bond motifs is 1. The molecular weight excluding hydrogens is 392 g/mol. The standard InChI is InChI=1S/C24H30N4OS/c1-16-6-8-21(9-7-16)25-24(30)28(11-10-27(4)5)15-20-14-19-13-17(2)12-18(3)22(19)26-23(20)29/h6-9,12-14H,10-11,15H2,1-5H3,(H,25,30)(H,26,29)/p+1. The predicted molar refractivity (Wildman–Crippen MR) is 130 cm³/mol. The summed E-state index contributed by atoms with van der Waals surface area (Å²) in [6, 6.07) is 14.3. The molecule has 0 fully saturated rings. The zero-order valence-corrected chi connectivity index (χ0v) is 19.2. The van der Waals surface area contributed by atoms with Crippen LogP contribution in [-0.2, 0) is 6.54 Å². The molecule has 0 radical (unpaired) electrons. The first kappa shape index (κ1) is 22.0. The van der Waals surface area contributed by atoms with E-state index in [1.807, 2.05) is 25.1 Å². The van der Waals surface area contributed by atoms with E-state index in [0.717, 1.165) is 35.2 Å². The second-order valence-electron chi connectivity index (χ2n) is 8.34. The summed E-state index contributed by atoms with van der Waals surface area (Å²) < 4.78 is 0. The van der Waals surface area contributed by atoms with Crippen LogP contribution >= 0.6 is 12.2 Å². The fraction of sp³-hybridized carbons (Fsp3) is 0.333. The van der Waals surface area contributed by atoms with E-state index in [1.54, 1.807) is 0 Å². The topological polar surface area (TPSA) is 52.6 Å². The van der Waals surface area contributed by atoms with Gasteiger partial charge >= 0.3 is 0 Å². The molecule has 3 aromatic rings. The van der Waals surface area contributed by atoms with E-state index >= 15 is 0 Å². The Morgan fingerprint density at radius 2 is 1.77 bits per heavy atom. The SMILES string of the molecule is Cc1ccc(NC(=S)N(CC[NH+](C)C)Cc2cc3cc(C)cc(C)c3[nH]c2=O)cc1. The van der Waals surface area contributed by atoms with Crippen molar-refractivity contribution in [2.24, 2.45) is 0 Å². The number of nitrogens with zero attached hydrogens (tertiary/aromatic N) is 1. The lowest BCUT2D eigenvalue weighted by Gasteiger charge is -2.26. The van der Waals surface area contributed by atoms with E-state index in [9.17, 15) is 4.79 Å². The van der Waals surface area contributed by atoms with Crippen molar-refractivity contribution in [3.63, 3.8) is 0 Å². The molecule has 0 unspecified atom stereocenters. The molecule has 0 atom stereocenters. The van der Waals surface area contributed by atoms with Crippen LogP contribution in [-0.4, -0.2) is 42.2 Å². The fourth-order valence-corrected chi connectivity index (χ4v) is 3.78. The number of aromatic amines is 1. The van der Waals surface area contributed by atoms with Crippen LogP contribution in [0.15, 0.2) is 47.3 Å². The first-order valence-electron chi connectivity index (χ1n) is 10.3. The lowest BCUT2D eigenvalue weighted by atomic mass is 10.1. The van der Waals surface area contributed by atoms with Crippen LogP contribution in [0.1, 0.15) is 22.3 Å². The number of anilines is 1. The van der Waals surface area contributed by atoms with Crippen LogP contribution in [0.4, 0.5) is 5.69 Å². The molecule has 3 N–H and O–H groups in total. The Balaban J connectivity index is 1.88. The van der Waals surface area contributed by atoms with Gasteiger partial charge in [0.05, 0.1) is 39.2 Å². The molecule has 0 bridgehead atoms. The minimum Gasteiger partial charge on any atom is -0.339 e. The molecule has 0 saturated carbocycles. The number of hydrogen-bond acceptors (Lipinski definition) is 2. The Morgan fingerprint density at radius 3 is 2.43 bits per heavy atom. The summed E-state index contributed by atoms with van der Waals surface area (Å²) in [5, 5.41) is 5.00. The molecule has 0 aliphatic rings. The second-order valence-corrected chi connectivity index (χ2v) is 8.73. The van der Waals surface area contributed by atoms with Gasteiger partial charge in [-0.2, -0.15) is 0 Å². The van der Waals surface area contributed by atoms with Crippen molar-refractivity contribution in [2.45, 2.75) is 27.3 Å². The Hall–Kier alpha value is -2.70. The Bertz CT molecular complexity index is 1100. The summed E-state index contributed by atoms with van der Waals surface area (Å²) in [4.78, 5) is 19.3. The summed E-state index contributed by atoms with van der Waals surface area (Å²) in [6.07, 6.45) is 0. The molecule has 1 aromatic heterocycles. The van der Waals surface area contributed by atoms with E-state index in [-0.39, 0.29) is 5.56 Å². The van der Waals surface area contributed by atoms with Crippen LogP contribution < -0.4 is 15.8 Å². The molecule has 158 valence electrons. The third kappa shape index (κ3) is 5.46. The van der Waals surface area contributed by atoms with Gasteiger partial charge in [-0.3, -0.25) is 4.79 Å². The Morgan fingerprint density at radius 1 is 1.07 bits per heavy atom. The number of aromatic nitrogens is 1. The quantitative estimate of drug-likeness (QED) is 0.534. The molecule has 0 saturated heterocycles. The van der Waals surface area contributed by atoms with Crippen LogP contribution in [0.2, 0.25) is 0 Å². The number of H-pyrrole nitrogens is 1. The number of likely N-dealkylation sites (N-methyl/N-ethyl adjacent to an activating group) is 1. The molecule has 0 aliphatic carbocycles. The number of aryl methyl sites for hydroxylation is 3. The highest BCUT2D eigenvalue weighted by molar-refractivity contribution is 7.80. The van der Waals surface area contributed by atoms with E-state index in [1.165, 1.54) is 16.0 Å². The van der Waals surface area contributed by atoms with E-state index in [2.05, 4.69) is 67.4 Å². The van der Waals surface area contributed by atoms with E-state index < -0.39 is 0 Å². The van der Waals surface area contributed by atoms with Crippen molar-refractivity contribution in [1.29, 1.82) is 0 Å².